The zero-order valence-electron chi connectivity index (χ0n) is 17.0. The number of ether oxygens (including phenoxy) is 1. The Labute approximate surface area is 184 Å². The van der Waals surface area contributed by atoms with E-state index < -0.39 is 17.7 Å². The number of nitrogens with zero attached hydrogens (tertiary/aromatic N) is 1. The summed E-state index contributed by atoms with van der Waals surface area (Å²) in [6, 6.07) is 14.3. The lowest BCUT2D eigenvalue weighted by Crippen LogP contribution is -2.29. The minimum Gasteiger partial charge on any atom is -0.507 e. The number of hydrogen-bond acceptors (Lipinski definition) is 5. The Morgan fingerprint density at radius 3 is 2.48 bits per heavy atom. The zero-order valence-corrected chi connectivity index (χ0v) is 17.7. The summed E-state index contributed by atoms with van der Waals surface area (Å²) in [5.41, 5.74) is 1.87. The van der Waals surface area contributed by atoms with Crippen LogP contribution < -0.4 is 9.64 Å². The molecule has 0 spiro atoms. The van der Waals surface area contributed by atoms with E-state index in [1.807, 2.05) is 19.1 Å². The summed E-state index contributed by atoms with van der Waals surface area (Å²) in [4.78, 5) is 27.3. The molecule has 1 N–H and O–H groups in total. The summed E-state index contributed by atoms with van der Waals surface area (Å²) in [6.07, 6.45) is 2.29. The maximum Gasteiger partial charge on any atom is 0.300 e. The van der Waals surface area contributed by atoms with E-state index in [2.05, 4.69) is 0 Å². The molecule has 0 aliphatic carbocycles. The quantitative estimate of drug-likeness (QED) is 0.340. The van der Waals surface area contributed by atoms with Crippen molar-refractivity contribution in [2.24, 2.45) is 0 Å². The predicted molar refractivity (Wildman–Crippen MR) is 117 cm³/mol. The van der Waals surface area contributed by atoms with E-state index in [1.165, 1.54) is 24.3 Å². The fourth-order valence-electron chi connectivity index (χ4n) is 3.67. The van der Waals surface area contributed by atoms with E-state index in [-0.39, 0.29) is 16.4 Å². The number of Topliss-reactive ketones (excluding diaryl/α,β-unsaturated/α-hetero) is 1. The average molecular weight is 438 g/mol. The number of aliphatic hydroxyl groups excluding tert-OH is 1. The molecule has 1 unspecified atom stereocenters. The Bertz CT molecular complexity index is 1170. The molecule has 6 nitrogen and oxygen atoms in total. The van der Waals surface area contributed by atoms with Crippen LogP contribution >= 0.6 is 11.6 Å². The van der Waals surface area contributed by atoms with Crippen LogP contribution in [-0.4, -0.2) is 23.9 Å². The molecule has 2 aromatic carbocycles. The highest BCUT2D eigenvalue weighted by Gasteiger charge is 2.48. The van der Waals surface area contributed by atoms with Crippen molar-refractivity contribution >= 4 is 34.7 Å². The van der Waals surface area contributed by atoms with Gasteiger partial charge in [0.2, 0.25) is 0 Å². The molecular formula is C24H20ClNO5. The molecule has 158 valence electrons. The van der Waals surface area contributed by atoms with Crippen LogP contribution in [0.4, 0.5) is 5.69 Å². The highest BCUT2D eigenvalue weighted by Crippen LogP contribution is 2.43. The lowest BCUT2D eigenvalue weighted by atomic mass is 9.98. The summed E-state index contributed by atoms with van der Waals surface area (Å²) in [5, 5.41) is 11.3. The van der Waals surface area contributed by atoms with Crippen LogP contribution in [0.5, 0.6) is 5.75 Å². The maximum absolute atomic E-state index is 13.0. The summed E-state index contributed by atoms with van der Waals surface area (Å²) in [5.74, 6) is -1.06. The molecular weight excluding hydrogens is 418 g/mol. The Balaban J connectivity index is 1.88. The van der Waals surface area contributed by atoms with E-state index in [0.717, 1.165) is 12.0 Å². The Morgan fingerprint density at radius 2 is 1.90 bits per heavy atom. The molecule has 1 atom stereocenters. The number of carbonyl (C=O) groups is 2. The van der Waals surface area contributed by atoms with Crippen molar-refractivity contribution in [1.82, 2.24) is 0 Å². The number of benzene rings is 2. The third kappa shape index (κ3) is 3.59. The lowest BCUT2D eigenvalue weighted by Gasteiger charge is -2.23. The number of ketones is 1. The van der Waals surface area contributed by atoms with Crippen LogP contribution in [0.2, 0.25) is 5.02 Å². The van der Waals surface area contributed by atoms with Crippen molar-refractivity contribution in [3.8, 4) is 5.75 Å². The van der Waals surface area contributed by atoms with Crippen molar-refractivity contribution in [1.29, 1.82) is 0 Å². The maximum atomic E-state index is 13.0. The third-order valence-corrected chi connectivity index (χ3v) is 5.60. The number of rotatable bonds is 5. The molecule has 1 aromatic heterocycles. The molecule has 31 heavy (non-hydrogen) atoms. The van der Waals surface area contributed by atoms with Gasteiger partial charge in [0.1, 0.15) is 23.3 Å². The van der Waals surface area contributed by atoms with Crippen molar-refractivity contribution in [2.45, 2.75) is 19.4 Å². The summed E-state index contributed by atoms with van der Waals surface area (Å²) < 4.78 is 10.7. The molecule has 1 fully saturated rings. The van der Waals surface area contributed by atoms with Gasteiger partial charge in [0.25, 0.3) is 11.7 Å². The number of halogens is 1. The highest BCUT2D eigenvalue weighted by atomic mass is 35.5. The van der Waals surface area contributed by atoms with Crippen molar-refractivity contribution in [3.63, 3.8) is 0 Å². The second-order valence-electron chi connectivity index (χ2n) is 7.05. The van der Waals surface area contributed by atoms with Crippen molar-refractivity contribution in [3.05, 3.63) is 88.3 Å². The van der Waals surface area contributed by atoms with Gasteiger partial charge in [-0.3, -0.25) is 14.5 Å². The molecule has 1 saturated heterocycles. The summed E-state index contributed by atoms with van der Waals surface area (Å²) >= 11 is 6.26. The van der Waals surface area contributed by atoms with E-state index in [4.69, 9.17) is 20.8 Å². The average Bonchev–Trinajstić information content (AvgIpc) is 3.40. The first-order valence-corrected chi connectivity index (χ1v) is 10.1. The molecule has 1 amide bonds. The van der Waals surface area contributed by atoms with Crippen molar-refractivity contribution < 1.29 is 23.8 Å². The number of anilines is 1. The number of methoxy groups -OCH3 is 1. The standard InChI is InChI=1S/C24H20ClNO5/c1-3-14-6-8-15(9-7-14)22(27)20-21(19-5-4-12-31-19)26(24(29)23(20)28)16-10-11-18(30-2)17(25)13-16/h4-13,21,27H,3H2,1-2H3/b22-20-. The van der Waals surface area contributed by atoms with Crippen LogP contribution in [0.25, 0.3) is 5.76 Å². The zero-order chi connectivity index (χ0) is 22.1. The number of furan rings is 1. The minimum absolute atomic E-state index is 0.0452. The molecule has 7 heteroatoms. The van der Waals surface area contributed by atoms with Gasteiger partial charge >= 0.3 is 0 Å². The van der Waals surface area contributed by atoms with Gasteiger partial charge in [-0.25, -0.2) is 0 Å². The molecule has 3 aromatic rings. The normalized spacial score (nSPS) is 17.9. The largest absolute Gasteiger partial charge is 0.507 e. The first kappa shape index (κ1) is 20.8. The Kier molecular flexibility index (Phi) is 5.57. The number of aryl methyl sites for hydroxylation is 1. The van der Waals surface area contributed by atoms with Crippen molar-refractivity contribution in [2.75, 3.05) is 12.0 Å². The number of hydrogen-bond donors (Lipinski definition) is 1. The van der Waals surface area contributed by atoms with E-state index in [0.29, 0.717) is 22.8 Å². The highest BCUT2D eigenvalue weighted by molar-refractivity contribution is 6.51. The summed E-state index contributed by atoms with van der Waals surface area (Å²) in [7, 11) is 1.49. The first-order valence-electron chi connectivity index (χ1n) is 9.73. The van der Waals surface area contributed by atoms with Gasteiger partial charge in [0.15, 0.2) is 0 Å². The van der Waals surface area contributed by atoms with Crippen LogP contribution in [0.15, 0.2) is 70.9 Å². The lowest BCUT2D eigenvalue weighted by molar-refractivity contribution is -0.132. The predicted octanol–water partition coefficient (Wildman–Crippen LogP) is 5.13. The monoisotopic (exact) mass is 437 g/mol. The van der Waals surface area contributed by atoms with Gasteiger partial charge in [-0.1, -0.05) is 42.8 Å². The topological polar surface area (TPSA) is 80.0 Å². The van der Waals surface area contributed by atoms with Crippen LogP contribution in [-0.2, 0) is 16.0 Å². The smallest absolute Gasteiger partial charge is 0.300 e. The fourth-order valence-corrected chi connectivity index (χ4v) is 3.93. The van der Waals surface area contributed by atoms with E-state index in [9.17, 15) is 14.7 Å². The minimum atomic E-state index is -0.940. The number of aliphatic hydroxyl groups is 1. The molecule has 4 rings (SSSR count). The van der Waals surface area contributed by atoms with Gasteiger partial charge in [-0.2, -0.15) is 0 Å². The summed E-state index contributed by atoms with van der Waals surface area (Å²) in [6.45, 7) is 2.03. The van der Waals surface area contributed by atoms with Gasteiger partial charge in [-0.05, 0) is 42.3 Å². The first-order chi connectivity index (χ1) is 15.0. The fraction of sp³-hybridized carbons (Fsp3) is 0.167. The Morgan fingerprint density at radius 1 is 1.16 bits per heavy atom. The molecule has 0 radical (unpaired) electrons. The molecule has 0 bridgehead atoms. The van der Waals surface area contributed by atoms with Gasteiger partial charge < -0.3 is 14.3 Å². The Hall–Kier alpha value is -3.51. The third-order valence-electron chi connectivity index (χ3n) is 5.31. The van der Waals surface area contributed by atoms with Gasteiger partial charge in [0.05, 0.1) is 24.0 Å². The number of carbonyl (C=O) groups excluding carboxylic acids is 2. The van der Waals surface area contributed by atoms with E-state index >= 15 is 0 Å². The number of amides is 1. The SMILES string of the molecule is CCc1ccc(/C(O)=C2/C(=O)C(=O)N(c3ccc(OC)c(Cl)c3)C2c2ccco2)cc1. The van der Waals surface area contributed by atoms with E-state index in [1.54, 1.807) is 36.4 Å². The van der Waals surface area contributed by atoms with Crippen LogP contribution in [0.3, 0.4) is 0 Å². The molecule has 0 saturated carbocycles. The second-order valence-corrected chi connectivity index (χ2v) is 7.46. The van der Waals surface area contributed by atoms with Crippen LogP contribution in [0.1, 0.15) is 29.9 Å². The van der Waals surface area contributed by atoms with Crippen LogP contribution in [0, 0.1) is 0 Å². The molecule has 1 aliphatic rings. The van der Waals surface area contributed by atoms with Gasteiger partial charge in [-0.15, -0.1) is 0 Å². The second kappa shape index (κ2) is 8.32. The van der Waals surface area contributed by atoms with Gasteiger partial charge in [0, 0.05) is 11.3 Å². The molecule has 1 aliphatic heterocycles. The molecule has 2 heterocycles.